The SMILES string of the molecule is CCOC1CC(NCCCCC(F)(F)F)C1(C)CC. The van der Waals surface area contributed by atoms with E-state index in [1.807, 2.05) is 6.92 Å². The Balaban J connectivity index is 2.20. The number of rotatable bonds is 8. The van der Waals surface area contributed by atoms with E-state index < -0.39 is 12.6 Å². The summed E-state index contributed by atoms with van der Waals surface area (Å²) in [6.45, 7) is 7.72. The molecule has 1 N–H and O–H groups in total. The van der Waals surface area contributed by atoms with Crippen LogP contribution >= 0.6 is 0 Å². The molecule has 0 bridgehead atoms. The highest BCUT2D eigenvalue weighted by Gasteiger charge is 2.50. The van der Waals surface area contributed by atoms with Gasteiger partial charge in [-0.1, -0.05) is 13.8 Å². The summed E-state index contributed by atoms with van der Waals surface area (Å²) in [4.78, 5) is 0. The Bertz CT molecular complexity index is 270. The summed E-state index contributed by atoms with van der Waals surface area (Å²) in [7, 11) is 0. The number of nitrogens with one attached hydrogen (secondary N) is 1. The van der Waals surface area contributed by atoms with Crippen LogP contribution in [0.4, 0.5) is 13.2 Å². The normalized spacial score (nSPS) is 31.3. The van der Waals surface area contributed by atoms with Gasteiger partial charge >= 0.3 is 6.18 Å². The van der Waals surface area contributed by atoms with Gasteiger partial charge in [0.25, 0.3) is 0 Å². The van der Waals surface area contributed by atoms with Crippen molar-refractivity contribution in [1.82, 2.24) is 5.32 Å². The van der Waals surface area contributed by atoms with Crippen molar-refractivity contribution in [3.05, 3.63) is 0 Å². The number of unbranched alkanes of at least 4 members (excludes halogenated alkanes) is 1. The van der Waals surface area contributed by atoms with Crippen LogP contribution in [-0.4, -0.2) is 31.5 Å². The van der Waals surface area contributed by atoms with E-state index in [0.29, 0.717) is 19.0 Å². The Morgan fingerprint density at radius 1 is 1.26 bits per heavy atom. The number of ether oxygens (including phenoxy) is 1. The Labute approximate surface area is 114 Å². The summed E-state index contributed by atoms with van der Waals surface area (Å²) < 4.78 is 41.7. The van der Waals surface area contributed by atoms with Crippen molar-refractivity contribution in [2.75, 3.05) is 13.2 Å². The van der Waals surface area contributed by atoms with E-state index in [1.165, 1.54) is 0 Å². The first-order chi connectivity index (χ1) is 8.83. The zero-order valence-electron chi connectivity index (χ0n) is 12.1. The molecule has 0 heterocycles. The van der Waals surface area contributed by atoms with Crippen molar-refractivity contribution < 1.29 is 17.9 Å². The Hall–Kier alpha value is -0.290. The van der Waals surface area contributed by atoms with Crippen LogP contribution in [0.3, 0.4) is 0 Å². The van der Waals surface area contributed by atoms with Crippen molar-refractivity contribution in [2.45, 2.75) is 71.2 Å². The van der Waals surface area contributed by atoms with E-state index in [1.54, 1.807) is 0 Å². The van der Waals surface area contributed by atoms with Crippen LogP contribution in [0.2, 0.25) is 0 Å². The van der Waals surface area contributed by atoms with Gasteiger partial charge in [-0.25, -0.2) is 0 Å². The minimum absolute atomic E-state index is 0.125. The van der Waals surface area contributed by atoms with Crippen LogP contribution in [-0.2, 0) is 4.74 Å². The second-order valence-corrected chi connectivity index (χ2v) is 5.62. The molecular formula is C14H26F3NO. The molecule has 1 aliphatic rings. The highest BCUT2D eigenvalue weighted by molar-refractivity contribution is 5.04. The van der Waals surface area contributed by atoms with E-state index in [4.69, 9.17) is 4.74 Å². The van der Waals surface area contributed by atoms with Crippen LogP contribution in [0.15, 0.2) is 0 Å². The molecule has 1 rings (SSSR count). The fourth-order valence-electron chi connectivity index (χ4n) is 2.79. The molecule has 1 saturated carbocycles. The van der Waals surface area contributed by atoms with E-state index in [0.717, 1.165) is 19.4 Å². The van der Waals surface area contributed by atoms with Gasteiger partial charge in [-0.05, 0) is 39.2 Å². The average Bonchev–Trinajstić information content (AvgIpc) is 2.33. The largest absolute Gasteiger partial charge is 0.389 e. The van der Waals surface area contributed by atoms with Gasteiger partial charge in [-0.3, -0.25) is 0 Å². The number of hydrogen-bond acceptors (Lipinski definition) is 2. The molecule has 0 aliphatic heterocycles. The molecule has 0 aromatic rings. The van der Waals surface area contributed by atoms with Crippen LogP contribution in [0.1, 0.15) is 52.9 Å². The van der Waals surface area contributed by atoms with Gasteiger partial charge in [-0.2, -0.15) is 13.2 Å². The van der Waals surface area contributed by atoms with Crippen molar-refractivity contribution in [3.63, 3.8) is 0 Å². The summed E-state index contributed by atoms with van der Waals surface area (Å²) in [6, 6.07) is 0.375. The number of hydrogen-bond donors (Lipinski definition) is 1. The predicted octanol–water partition coefficient (Wildman–Crippen LogP) is 3.90. The number of halogens is 3. The predicted molar refractivity (Wildman–Crippen MR) is 70.1 cm³/mol. The second kappa shape index (κ2) is 6.93. The molecule has 0 spiro atoms. The molecule has 5 heteroatoms. The molecular weight excluding hydrogens is 255 g/mol. The van der Waals surface area contributed by atoms with Gasteiger partial charge in [0.2, 0.25) is 0 Å². The van der Waals surface area contributed by atoms with E-state index in [-0.39, 0.29) is 17.9 Å². The highest BCUT2D eigenvalue weighted by atomic mass is 19.4. The third-order valence-corrected chi connectivity index (χ3v) is 4.39. The van der Waals surface area contributed by atoms with Crippen LogP contribution in [0.5, 0.6) is 0 Å². The van der Waals surface area contributed by atoms with Crippen molar-refractivity contribution >= 4 is 0 Å². The fraction of sp³-hybridized carbons (Fsp3) is 1.00. The lowest BCUT2D eigenvalue weighted by molar-refractivity contribution is -0.136. The molecule has 114 valence electrons. The van der Waals surface area contributed by atoms with Crippen molar-refractivity contribution in [2.24, 2.45) is 5.41 Å². The lowest BCUT2D eigenvalue weighted by atomic mass is 9.61. The zero-order chi connectivity index (χ0) is 14.5. The molecule has 3 unspecified atom stereocenters. The first kappa shape index (κ1) is 16.8. The third-order valence-electron chi connectivity index (χ3n) is 4.39. The molecule has 0 aromatic heterocycles. The van der Waals surface area contributed by atoms with Crippen LogP contribution in [0.25, 0.3) is 0 Å². The molecule has 19 heavy (non-hydrogen) atoms. The molecule has 0 radical (unpaired) electrons. The minimum atomic E-state index is -4.02. The molecule has 2 nitrogen and oxygen atoms in total. The maximum atomic E-state index is 12.0. The lowest BCUT2D eigenvalue weighted by Gasteiger charge is -2.53. The molecule has 1 aliphatic carbocycles. The maximum absolute atomic E-state index is 12.0. The Kier molecular flexibility index (Phi) is 6.12. The number of alkyl halides is 3. The lowest BCUT2D eigenvalue weighted by Crippen LogP contribution is -2.62. The van der Waals surface area contributed by atoms with E-state index in [2.05, 4.69) is 19.2 Å². The monoisotopic (exact) mass is 281 g/mol. The molecule has 0 amide bonds. The third kappa shape index (κ3) is 4.63. The Morgan fingerprint density at radius 2 is 1.95 bits per heavy atom. The molecule has 0 saturated heterocycles. The topological polar surface area (TPSA) is 21.3 Å². The molecule has 0 aromatic carbocycles. The fourth-order valence-corrected chi connectivity index (χ4v) is 2.79. The van der Waals surface area contributed by atoms with Crippen LogP contribution in [0, 0.1) is 5.41 Å². The second-order valence-electron chi connectivity index (χ2n) is 5.62. The summed E-state index contributed by atoms with van der Waals surface area (Å²) >= 11 is 0. The van der Waals surface area contributed by atoms with Crippen LogP contribution < -0.4 is 5.32 Å². The summed E-state index contributed by atoms with van der Waals surface area (Å²) in [6.07, 6.45) is -1.62. The zero-order valence-corrected chi connectivity index (χ0v) is 12.1. The molecule has 1 fully saturated rings. The van der Waals surface area contributed by atoms with E-state index in [9.17, 15) is 13.2 Å². The highest BCUT2D eigenvalue weighted by Crippen LogP contribution is 2.45. The first-order valence-corrected chi connectivity index (χ1v) is 7.25. The van der Waals surface area contributed by atoms with Gasteiger partial charge in [0.05, 0.1) is 6.10 Å². The van der Waals surface area contributed by atoms with Gasteiger partial charge < -0.3 is 10.1 Å². The van der Waals surface area contributed by atoms with Gasteiger partial charge in [0.15, 0.2) is 0 Å². The quantitative estimate of drug-likeness (QED) is 0.681. The Morgan fingerprint density at radius 3 is 2.47 bits per heavy atom. The smallest absolute Gasteiger partial charge is 0.378 e. The van der Waals surface area contributed by atoms with E-state index >= 15 is 0 Å². The summed E-state index contributed by atoms with van der Waals surface area (Å²) in [5.74, 6) is 0. The summed E-state index contributed by atoms with van der Waals surface area (Å²) in [5, 5.41) is 3.39. The first-order valence-electron chi connectivity index (χ1n) is 7.25. The minimum Gasteiger partial charge on any atom is -0.378 e. The summed E-state index contributed by atoms with van der Waals surface area (Å²) in [5.41, 5.74) is 0.125. The molecule has 3 atom stereocenters. The average molecular weight is 281 g/mol. The standard InChI is InChI=1S/C14H26F3NO/c1-4-13(3)11(10-12(13)19-5-2)18-9-7-6-8-14(15,16)17/h11-12,18H,4-10H2,1-3H3. The van der Waals surface area contributed by atoms with Gasteiger partial charge in [0.1, 0.15) is 0 Å². The van der Waals surface area contributed by atoms with Crippen molar-refractivity contribution in [3.8, 4) is 0 Å². The van der Waals surface area contributed by atoms with Gasteiger partial charge in [0, 0.05) is 24.5 Å². The maximum Gasteiger partial charge on any atom is 0.389 e. The van der Waals surface area contributed by atoms with Gasteiger partial charge in [-0.15, -0.1) is 0 Å². The van der Waals surface area contributed by atoms with Crippen molar-refractivity contribution in [1.29, 1.82) is 0 Å².